The van der Waals surface area contributed by atoms with E-state index >= 15 is 0 Å². The van der Waals surface area contributed by atoms with Crippen LogP contribution in [0.1, 0.15) is 50.3 Å². The third-order valence-electron chi connectivity index (χ3n) is 4.75. The molecule has 0 bridgehead atoms. The molecule has 0 radical (unpaired) electrons. The maximum atomic E-state index is 5.93. The molecule has 2 atom stereocenters. The van der Waals surface area contributed by atoms with Crippen LogP contribution in [0.15, 0.2) is 6.20 Å². The third kappa shape index (κ3) is 5.55. The fourth-order valence-corrected chi connectivity index (χ4v) is 3.66. The molecule has 1 heterocycles. The molecule has 1 aliphatic rings. The summed E-state index contributed by atoms with van der Waals surface area (Å²) >= 11 is 0. The van der Waals surface area contributed by atoms with E-state index in [2.05, 4.69) is 41.3 Å². The molecule has 2 unspecified atom stereocenters. The molecule has 1 saturated carbocycles. The summed E-state index contributed by atoms with van der Waals surface area (Å²) in [6, 6.07) is 0. The van der Waals surface area contributed by atoms with Crippen LogP contribution in [-0.2, 0) is 16.0 Å². The average molecular weight is 338 g/mol. The number of hydrogen-bond donors (Lipinski definition) is 2. The Balaban J connectivity index is 2.04. The zero-order chi connectivity index (χ0) is 17.4. The normalized spacial score (nSPS) is 24.6. The van der Waals surface area contributed by atoms with Crippen molar-refractivity contribution in [3.63, 3.8) is 0 Å². The van der Waals surface area contributed by atoms with E-state index in [0.29, 0.717) is 5.92 Å². The van der Waals surface area contributed by atoms with Crippen LogP contribution in [0, 0.1) is 0 Å². The van der Waals surface area contributed by atoms with E-state index in [0.717, 1.165) is 52.1 Å². The van der Waals surface area contributed by atoms with Crippen molar-refractivity contribution in [2.75, 3.05) is 40.4 Å². The Kier molecular flexibility index (Phi) is 8.18. The van der Waals surface area contributed by atoms with Gasteiger partial charge in [-0.05, 0) is 47.2 Å². The molecule has 138 valence electrons. The number of likely N-dealkylation sites (N-methyl/N-ethyl adjacent to an activating group) is 2. The lowest BCUT2D eigenvalue weighted by molar-refractivity contribution is -0.0451. The fourth-order valence-electron chi connectivity index (χ4n) is 3.66. The van der Waals surface area contributed by atoms with Crippen molar-refractivity contribution in [1.29, 1.82) is 0 Å². The molecule has 2 rings (SSSR count). The van der Waals surface area contributed by atoms with E-state index in [1.165, 1.54) is 11.3 Å². The molecular weight excluding hydrogens is 304 g/mol. The van der Waals surface area contributed by atoms with Crippen molar-refractivity contribution in [2.24, 2.45) is 0 Å². The smallest absolute Gasteiger partial charge is 0.0699 e. The number of aromatic nitrogens is 2. The lowest BCUT2D eigenvalue weighted by atomic mass is 9.82. The first-order valence-corrected chi connectivity index (χ1v) is 9.26. The van der Waals surface area contributed by atoms with Gasteiger partial charge in [-0.1, -0.05) is 0 Å². The molecule has 1 aromatic heterocycles. The zero-order valence-corrected chi connectivity index (χ0v) is 15.7. The molecule has 0 aliphatic heterocycles. The third-order valence-corrected chi connectivity index (χ3v) is 4.75. The summed E-state index contributed by atoms with van der Waals surface area (Å²) in [6.45, 7) is 8.59. The van der Waals surface area contributed by atoms with Crippen LogP contribution in [0.25, 0.3) is 0 Å². The second-order valence-electron chi connectivity index (χ2n) is 6.70. The first-order chi connectivity index (χ1) is 11.7. The summed E-state index contributed by atoms with van der Waals surface area (Å²) in [5, 5.41) is 10.9. The highest BCUT2D eigenvalue weighted by molar-refractivity contribution is 5.21. The van der Waals surface area contributed by atoms with Crippen molar-refractivity contribution in [3.05, 3.63) is 17.5 Å². The fraction of sp³-hybridized carbons (Fsp3) is 0.833. The summed E-state index contributed by atoms with van der Waals surface area (Å²) in [5.41, 5.74) is 2.49. The van der Waals surface area contributed by atoms with Crippen LogP contribution in [0.3, 0.4) is 0 Å². The van der Waals surface area contributed by atoms with Crippen LogP contribution in [0.2, 0.25) is 0 Å². The molecule has 1 aromatic rings. The molecule has 0 spiro atoms. The highest BCUT2D eigenvalue weighted by atomic mass is 16.5. The molecular formula is C18H34N4O2. The summed E-state index contributed by atoms with van der Waals surface area (Å²) in [7, 11) is 4.14. The van der Waals surface area contributed by atoms with Crippen LogP contribution >= 0.6 is 0 Å². The quantitative estimate of drug-likeness (QED) is 0.684. The van der Waals surface area contributed by atoms with E-state index < -0.39 is 0 Å². The Morgan fingerprint density at radius 2 is 1.88 bits per heavy atom. The van der Waals surface area contributed by atoms with Crippen LogP contribution < -0.4 is 5.32 Å². The van der Waals surface area contributed by atoms with Crippen LogP contribution in [0.4, 0.5) is 0 Å². The highest BCUT2D eigenvalue weighted by Crippen LogP contribution is 2.36. The number of nitrogens with zero attached hydrogens (tertiary/aromatic N) is 2. The minimum absolute atomic E-state index is 0.275. The largest absolute Gasteiger partial charge is 0.378 e. The van der Waals surface area contributed by atoms with Gasteiger partial charge in [0.25, 0.3) is 0 Å². The lowest BCUT2D eigenvalue weighted by Gasteiger charge is -2.34. The summed E-state index contributed by atoms with van der Waals surface area (Å²) in [4.78, 5) is 2.33. The van der Waals surface area contributed by atoms with Gasteiger partial charge in [-0.3, -0.25) is 5.10 Å². The standard InChI is InChI=1S/C18H34N4O2/c1-5-23-16-9-14(10-17(11-16)24-6-2)18-15(12-20-21-18)13-22(4)8-7-19-3/h12,14,16-17,19H,5-11,13H2,1-4H3,(H,20,21). The molecule has 0 aromatic carbocycles. The van der Waals surface area contributed by atoms with Gasteiger partial charge in [-0.25, -0.2) is 0 Å². The maximum Gasteiger partial charge on any atom is 0.0699 e. The Hall–Kier alpha value is -0.950. The van der Waals surface area contributed by atoms with E-state index in [1.807, 2.05) is 13.2 Å². The zero-order valence-electron chi connectivity index (χ0n) is 15.7. The molecule has 0 saturated heterocycles. The minimum atomic E-state index is 0.275. The Morgan fingerprint density at radius 3 is 2.46 bits per heavy atom. The van der Waals surface area contributed by atoms with Gasteiger partial charge in [-0.2, -0.15) is 5.10 Å². The molecule has 24 heavy (non-hydrogen) atoms. The number of ether oxygens (including phenoxy) is 2. The van der Waals surface area contributed by atoms with Gasteiger partial charge in [0.05, 0.1) is 17.9 Å². The maximum absolute atomic E-state index is 5.93. The summed E-state index contributed by atoms with van der Waals surface area (Å²) in [6.07, 6.45) is 5.67. The summed E-state index contributed by atoms with van der Waals surface area (Å²) in [5.74, 6) is 0.408. The first-order valence-electron chi connectivity index (χ1n) is 9.26. The Labute approximate surface area is 146 Å². The number of aromatic amines is 1. The first kappa shape index (κ1) is 19.4. The van der Waals surface area contributed by atoms with E-state index in [-0.39, 0.29) is 12.2 Å². The number of hydrogen-bond acceptors (Lipinski definition) is 5. The topological polar surface area (TPSA) is 62.4 Å². The van der Waals surface area contributed by atoms with Crippen LogP contribution in [-0.4, -0.2) is 67.7 Å². The molecule has 0 amide bonds. The molecule has 1 fully saturated rings. The van der Waals surface area contributed by atoms with Crippen molar-refractivity contribution in [2.45, 2.75) is 57.8 Å². The highest BCUT2D eigenvalue weighted by Gasteiger charge is 2.33. The monoisotopic (exact) mass is 338 g/mol. The number of nitrogens with one attached hydrogen (secondary N) is 2. The van der Waals surface area contributed by atoms with Gasteiger partial charge in [-0.15, -0.1) is 0 Å². The van der Waals surface area contributed by atoms with Crippen LogP contribution in [0.5, 0.6) is 0 Å². The predicted molar refractivity (Wildman–Crippen MR) is 96.3 cm³/mol. The van der Waals surface area contributed by atoms with Gasteiger partial charge in [0.15, 0.2) is 0 Å². The predicted octanol–water partition coefficient (Wildman–Crippen LogP) is 2.14. The van der Waals surface area contributed by atoms with E-state index in [9.17, 15) is 0 Å². The van der Waals surface area contributed by atoms with Gasteiger partial charge in [0.1, 0.15) is 0 Å². The Morgan fingerprint density at radius 1 is 1.21 bits per heavy atom. The second kappa shape index (κ2) is 10.1. The van der Waals surface area contributed by atoms with Gasteiger partial charge in [0.2, 0.25) is 0 Å². The SMILES string of the molecule is CCOC1CC(OCC)CC(c2n[nH]cc2CN(C)CCNC)C1. The van der Waals surface area contributed by atoms with Crippen molar-refractivity contribution < 1.29 is 9.47 Å². The van der Waals surface area contributed by atoms with Gasteiger partial charge in [0, 0.05) is 50.5 Å². The average Bonchev–Trinajstić information content (AvgIpc) is 3.01. The molecule has 6 heteroatoms. The lowest BCUT2D eigenvalue weighted by Crippen LogP contribution is -2.33. The Bertz CT molecular complexity index is 452. The van der Waals surface area contributed by atoms with Crippen molar-refractivity contribution >= 4 is 0 Å². The molecule has 1 aliphatic carbocycles. The van der Waals surface area contributed by atoms with Gasteiger partial charge < -0.3 is 19.7 Å². The van der Waals surface area contributed by atoms with E-state index in [4.69, 9.17) is 9.47 Å². The van der Waals surface area contributed by atoms with Gasteiger partial charge >= 0.3 is 0 Å². The summed E-state index contributed by atoms with van der Waals surface area (Å²) < 4.78 is 11.9. The van der Waals surface area contributed by atoms with E-state index in [1.54, 1.807) is 0 Å². The number of rotatable bonds is 10. The second-order valence-corrected chi connectivity index (χ2v) is 6.70. The molecule has 6 nitrogen and oxygen atoms in total. The number of H-pyrrole nitrogens is 1. The van der Waals surface area contributed by atoms with Crippen molar-refractivity contribution in [1.82, 2.24) is 20.4 Å². The molecule has 2 N–H and O–H groups in total. The minimum Gasteiger partial charge on any atom is -0.378 e. The van der Waals surface area contributed by atoms with Crippen molar-refractivity contribution in [3.8, 4) is 0 Å².